The third kappa shape index (κ3) is 3.80. The SMILES string of the molecule is CC(C)C(CO)NC(c1cccs1)c1ccc(Cl)s1. The molecule has 2 rings (SSSR count). The van der Waals surface area contributed by atoms with Crippen molar-refractivity contribution in [1.29, 1.82) is 0 Å². The first-order chi connectivity index (χ1) is 9.11. The monoisotopic (exact) mass is 315 g/mol. The molecule has 0 radical (unpaired) electrons. The van der Waals surface area contributed by atoms with Crippen LogP contribution in [0, 0.1) is 5.92 Å². The molecule has 19 heavy (non-hydrogen) atoms. The molecule has 0 aliphatic rings. The third-order valence-corrected chi connectivity index (χ3v) is 5.32. The fourth-order valence-electron chi connectivity index (χ4n) is 1.91. The Hall–Kier alpha value is -0.390. The first kappa shape index (κ1) is 15.0. The molecule has 0 bridgehead atoms. The molecule has 0 aliphatic heterocycles. The van der Waals surface area contributed by atoms with E-state index in [9.17, 15) is 5.11 Å². The Morgan fingerprint density at radius 2 is 2.05 bits per heavy atom. The van der Waals surface area contributed by atoms with E-state index in [0.29, 0.717) is 5.92 Å². The Balaban J connectivity index is 2.25. The molecule has 2 N–H and O–H groups in total. The summed E-state index contributed by atoms with van der Waals surface area (Å²) in [5.74, 6) is 0.378. The summed E-state index contributed by atoms with van der Waals surface area (Å²) in [5, 5.41) is 15.1. The molecule has 2 aromatic rings. The maximum atomic E-state index is 9.51. The van der Waals surface area contributed by atoms with E-state index in [1.807, 2.05) is 12.1 Å². The molecule has 0 saturated carbocycles. The maximum absolute atomic E-state index is 9.51. The topological polar surface area (TPSA) is 32.3 Å². The van der Waals surface area contributed by atoms with Gasteiger partial charge in [-0.05, 0) is 29.5 Å². The summed E-state index contributed by atoms with van der Waals surface area (Å²) >= 11 is 9.35. The lowest BCUT2D eigenvalue weighted by Crippen LogP contribution is -2.39. The van der Waals surface area contributed by atoms with Gasteiger partial charge in [0.25, 0.3) is 0 Å². The molecule has 2 nitrogen and oxygen atoms in total. The lowest BCUT2D eigenvalue weighted by atomic mass is 10.0. The Kier molecular flexibility index (Phi) is 5.42. The molecule has 0 aromatic carbocycles. The number of nitrogens with one attached hydrogen (secondary N) is 1. The Morgan fingerprint density at radius 3 is 2.53 bits per heavy atom. The molecule has 0 fully saturated rings. The highest BCUT2D eigenvalue weighted by molar-refractivity contribution is 7.16. The molecule has 2 atom stereocenters. The van der Waals surface area contributed by atoms with Gasteiger partial charge in [-0.1, -0.05) is 31.5 Å². The van der Waals surface area contributed by atoms with Gasteiger partial charge >= 0.3 is 0 Å². The van der Waals surface area contributed by atoms with Crippen LogP contribution in [-0.4, -0.2) is 17.8 Å². The molecule has 0 amide bonds. The highest BCUT2D eigenvalue weighted by atomic mass is 35.5. The first-order valence-corrected chi connectivity index (χ1v) is 8.34. The summed E-state index contributed by atoms with van der Waals surface area (Å²) in [7, 11) is 0. The number of halogens is 1. The standard InChI is InChI=1S/C14H18ClNOS2/c1-9(2)10(8-17)16-14(11-4-3-7-18-11)12-5-6-13(15)19-12/h3-7,9-10,14,16-17H,8H2,1-2H3. The van der Waals surface area contributed by atoms with Crippen molar-refractivity contribution >= 4 is 34.3 Å². The lowest BCUT2D eigenvalue weighted by molar-refractivity contribution is 0.205. The second-order valence-corrected chi connectivity index (χ2v) is 7.52. The molecule has 0 spiro atoms. The molecule has 2 heterocycles. The van der Waals surface area contributed by atoms with E-state index in [2.05, 4.69) is 36.7 Å². The number of hydrogen-bond donors (Lipinski definition) is 2. The van der Waals surface area contributed by atoms with E-state index in [1.54, 1.807) is 22.7 Å². The predicted octanol–water partition coefficient (Wildman–Crippen LogP) is 4.16. The summed E-state index contributed by atoms with van der Waals surface area (Å²) in [6.07, 6.45) is 0. The van der Waals surface area contributed by atoms with Crippen molar-refractivity contribution in [3.8, 4) is 0 Å². The van der Waals surface area contributed by atoms with Gasteiger partial charge in [0.05, 0.1) is 17.0 Å². The van der Waals surface area contributed by atoms with Gasteiger partial charge in [0, 0.05) is 15.8 Å². The van der Waals surface area contributed by atoms with Crippen molar-refractivity contribution < 1.29 is 5.11 Å². The molecular weight excluding hydrogens is 298 g/mol. The number of aliphatic hydroxyl groups excluding tert-OH is 1. The number of rotatable bonds is 6. The van der Waals surface area contributed by atoms with Gasteiger partial charge in [-0.25, -0.2) is 0 Å². The van der Waals surface area contributed by atoms with E-state index < -0.39 is 0 Å². The van der Waals surface area contributed by atoms with Crippen LogP contribution in [0.4, 0.5) is 0 Å². The quantitative estimate of drug-likeness (QED) is 0.839. The van der Waals surface area contributed by atoms with E-state index in [0.717, 1.165) is 4.34 Å². The van der Waals surface area contributed by atoms with Gasteiger partial charge in [0.1, 0.15) is 0 Å². The highest BCUT2D eigenvalue weighted by Crippen LogP contribution is 2.33. The summed E-state index contributed by atoms with van der Waals surface area (Å²) in [6.45, 7) is 4.36. The average Bonchev–Trinajstić information content (AvgIpc) is 3.01. The van der Waals surface area contributed by atoms with Crippen LogP contribution in [-0.2, 0) is 0 Å². The van der Waals surface area contributed by atoms with Crippen LogP contribution in [0.15, 0.2) is 29.6 Å². The van der Waals surface area contributed by atoms with E-state index in [1.165, 1.54) is 9.75 Å². The fraction of sp³-hybridized carbons (Fsp3) is 0.429. The van der Waals surface area contributed by atoms with Gasteiger partial charge < -0.3 is 5.11 Å². The van der Waals surface area contributed by atoms with Crippen LogP contribution in [0.5, 0.6) is 0 Å². The lowest BCUT2D eigenvalue weighted by Gasteiger charge is -2.26. The van der Waals surface area contributed by atoms with E-state index in [4.69, 9.17) is 11.6 Å². The van der Waals surface area contributed by atoms with Crippen molar-refractivity contribution in [2.75, 3.05) is 6.61 Å². The van der Waals surface area contributed by atoms with Crippen molar-refractivity contribution in [3.63, 3.8) is 0 Å². The zero-order valence-corrected chi connectivity index (χ0v) is 13.4. The van der Waals surface area contributed by atoms with Gasteiger partial charge in [-0.15, -0.1) is 22.7 Å². The van der Waals surface area contributed by atoms with Gasteiger partial charge in [-0.2, -0.15) is 0 Å². The smallest absolute Gasteiger partial charge is 0.0931 e. The van der Waals surface area contributed by atoms with Crippen LogP contribution < -0.4 is 5.32 Å². The second-order valence-electron chi connectivity index (χ2n) is 4.79. The van der Waals surface area contributed by atoms with Crippen LogP contribution in [0.2, 0.25) is 4.34 Å². The van der Waals surface area contributed by atoms with Crippen LogP contribution in [0.25, 0.3) is 0 Å². The third-order valence-electron chi connectivity index (χ3n) is 3.09. The van der Waals surface area contributed by atoms with Gasteiger partial charge in [-0.3, -0.25) is 5.32 Å². The van der Waals surface area contributed by atoms with Crippen molar-refractivity contribution in [1.82, 2.24) is 5.32 Å². The van der Waals surface area contributed by atoms with Crippen molar-refractivity contribution in [3.05, 3.63) is 43.7 Å². The summed E-state index contributed by atoms with van der Waals surface area (Å²) in [6, 6.07) is 8.33. The summed E-state index contributed by atoms with van der Waals surface area (Å²) in [4.78, 5) is 2.43. The van der Waals surface area contributed by atoms with Gasteiger partial charge in [0.2, 0.25) is 0 Å². The zero-order chi connectivity index (χ0) is 13.8. The Bertz CT molecular complexity index is 495. The fourth-order valence-corrected chi connectivity index (χ4v) is 3.93. The Labute approximate surface area is 127 Å². The number of thiophene rings is 2. The normalized spacial score (nSPS) is 14.8. The Morgan fingerprint density at radius 1 is 1.26 bits per heavy atom. The van der Waals surface area contributed by atoms with Gasteiger partial charge in [0.15, 0.2) is 0 Å². The molecule has 5 heteroatoms. The largest absolute Gasteiger partial charge is 0.395 e. The van der Waals surface area contributed by atoms with E-state index in [-0.39, 0.29) is 18.7 Å². The van der Waals surface area contributed by atoms with Crippen LogP contribution in [0.1, 0.15) is 29.6 Å². The van der Waals surface area contributed by atoms with Crippen LogP contribution in [0.3, 0.4) is 0 Å². The summed E-state index contributed by atoms with van der Waals surface area (Å²) in [5.41, 5.74) is 0. The minimum atomic E-state index is 0.0768. The molecule has 0 saturated heterocycles. The van der Waals surface area contributed by atoms with Crippen LogP contribution >= 0.6 is 34.3 Å². The number of aliphatic hydroxyl groups is 1. The summed E-state index contributed by atoms with van der Waals surface area (Å²) < 4.78 is 0.795. The molecule has 2 aromatic heterocycles. The van der Waals surface area contributed by atoms with Crippen molar-refractivity contribution in [2.45, 2.75) is 25.9 Å². The zero-order valence-electron chi connectivity index (χ0n) is 11.0. The second kappa shape index (κ2) is 6.86. The molecule has 104 valence electrons. The molecular formula is C14H18ClNOS2. The molecule has 2 unspecified atom stereocenters. The highest BCUT2D eigenvalue weighted by Gasteiger charge is 2.22. The maximum Gasteiger partial charge on any atom is 0.0931 e. The number of hydrogen-bond acceptors (Lipinski definition) is 4. The van der Waals surface area contributed by atoms with E-state index >= 15 is 0 Å². The predicted molar refractivity (Wildman–Crippen MR) is 84.3 cm³/mol. The minimum absolute atomic E-state index is 0.0768. The molecule has 0 aliphatic carbocycles. The minimum Gasteiger partial charge on any atom is -0.395 e. The van der Waals surface area contributed by atoms with Crippen molar-refractivity contribution in [2.24, 2.45) is 5.92 Å². The average molecular weight is 316 g/mol. The first-order valence-electron chi connectivity index (χ1n) is 6.27.